The van der Waals surface area contributed by atoms with Gasteiger partial charge >= 0.3 is 0 Å². The van der Waals surface area contributed by atoms with Crippen LogP contribution >= 0.6 is 0 Å². The molecular formula is C30H33N3O7. The van der Waals surface area contributed by atoms with Gasteiger partial charge in [0.25, 0.3) is 11.7 Å². The van der Waals surface area contributed by atoms with Crippen molar-refractivity contribution in [3.63, 3.8) is 0 Å². The molecule has 1 saturated heterocycles. The van der Waals surface area contributed by atoms with Gasteiger partial charge in [-0.3, -0.25) is 9.59 Å². The molecule has 0 radical (unpaired) electrons. The average Bonchev–Trinajstić information content (AvgIpc) is 3.59. The fourth-order valence-corrected chi connectivity index (χ4v) is 4.95. The summed E-state index contributed by atoms with van der Waals surface area (Å²) in [6.45, 7) is 4.35. The number of nitrogens with zero attached hydrogens (tertiary/aromatic N) is 3. The van der Waals surface area contributed by atoms with Gasteiger partial charge in [-0.2, -0.15) is 0 Å². The molecule has 210 valence electrons. The van der Waals surface area contributed by atoms with E-state index in [-0.39, 0.29) is 11.3 Å². The molecule has 0 aliphatic carbocycles. The van der Waals surface area contributed by atoms with Crippen molar-refractivity contribution in [2.75, 3.05) is 33.5 Å². The average molecular weight is 548 g/mol. The fraction of sp³-hybridized carbons (Fsp3) is 0.367. The number of Topliss-reactive ketones (excluding diaryl/α,β-unsaturated/α-hetero) is 1. The third-order valence-electron chi connectivity index (χ3n) is 6.99. The molecule has 1 N–H and O–H groups in total. The van der Waals surface area contributed by atoms with Crippen molar-refractivity contribution in [1.82, 2.24) is 14.5 Å². The molecule has 3 heterocycles. The van der Waals surface area contributed by atoms with Crippen molar-refractivity contribution >= 4 is 17.4 Å². The number of likely N-dealkylation sites (tertiary alicyclic amines) is 1. The van der Waals surface area contributed by atoms with Crippen molar-refractivity contribution in [3.8, 4) is 23.0 Å². The third kappa shape index (κ3) is 5.47. The number of methoxy groups -OCH3 is 1. The Labute approximate surface area is 232 Å². The zero-order chi connectivity index (χ0) is 28.1. The van der Waals surface area contributed by atoms with Gasteiger partial charge in [-0.15, -0.1) is 0 Å². The van der Waals surface area contributed by atoms with E-state index in [0.29, 0.717) is 73.5 Å². The standard InChI is InChI=1S/C30H33N3O7/c1-3-4-14-38-22-8-6-20(17-24(22)37-2)27-26(28(34)21-7-9-23-25(18-21)40-16-15-39-23)29(35)30(36)33(27)12-5-11-32-13-10-31-19-32/h6-10,13,17-19,27,34H,3-5,11-12,14-16H2,1-2H3/t27-/m0/s1. The van der Waals surface area contributed by atoms with Crippen LogP contribution in [0.3, 0.4) is 0 Å². The van der Waals surface area contributed by atoms with Gasteiger partial charge in [0, 0.05) is 31.0 Å². The number of rotatable bonds is 11. The molecule has 0 saturated carbocycles. The van der Waals surface area contributed by atoms with Crippen LogP contribution in [0.5, 0.6) is 23.0 Å². The highest BCUT2D eigenvalue weighted by Crippen LogP contribution is 2.43. The molecule has 10 nitrogen and oxygen atoms in total. The maximum absolute atomic E-state index is 13.5. The molecule has 5 rings (SSSR count). The van der Waals surface area contributed by atoms with E-state index in [9.17, 15) is 14.7 Å². The molecule has 1 fully saturated rings. The lowest BCUT2D eigenvalue weighted by atomic mass is 9.94. The molecule has 2 aliphatic rings. The lowest BCUT2D eigenvalue weighted by Gasteiger charge is -2.26. The van der Waals surface area contributed by atoms with Crippen molar-refractivity contribution < 1.29 is 33.6 Å². The number of aryl methyl sites for hydroxylation is 1. The zero-order valence-electron chi connectivity index (χ0n) is 22.7. The first kappa shape index (κ1) is 27.1. The minimum absolute atomic E-state index is 0.00557. The van der Waals surface area contributed by atoms with Crippen molar-refractivity contribution in [1.29, 1.82) is 0 Å². The van der Waals surface area contributed by atoms with Crippen LogP contribution < -0.4 is 18.9 Å². The highest BCUT2D eigenvalue weighted by molar-refractivity contribution is 6.46. The first-order valence-corrected chi connectivity index (χ1v) is 13.5. The smallest absolute Gasteiger partial charge is 0.295 e. The van der Waals surface area contributed by atoms with E-state index in [1.165, 1.54) is 4.90 Å². The van der Waals surface area contributed by atoms with Crippen molar-refractivity contribution in [2.45, 2.75) is 38.8 Å². The summed E-state index contributed by atoms with van der Waals surface area (Å²) in [6.07, 6.45) is 7.71. The van der Waals surface area contributed by atoms with E-state index in [2.05, 4.69) is 11.9 Å². The number of fused-ring (bicyclic) bond motifs is 1. The molecule has 1 atom stereocenters. The third-order valence-corrected chi connectivity index (χ3v) is 6.99. The highest BCUT2D eigenvalue weighted by atomic mass is 16.6. The van der Waals surface area contributed by atoms with Gasteiger partial charge in [0.05, 0.1) is 31.7 Å². The Hall–Kier alpha value is -4.47. The number of aliphatic hydroxyl groups excluding tert-OH is 1. The summed E-state index contributed by atoms with van der Waals surface area (Å²) in [5.74, 6) is 0.388. The Morgan fingerprint density at radius 2 is 1.88 bits per heavy atom. The Balaban J connectivity index is 1.54. The number of hydrogen-bond acceptors (Lipinski definition) is 8. The van der Waals surface area contributed by atoms with Crippen LogP contribution in [-0.4, -0.2) is 64.7 Å². The quantitative estimate of drug-likeness (QED) is 0.163. The van der Waals surface area contributed by atoms with E-state index >= 15 is 0 Å². The molecule has 2 aliphatic heterocycles. The maximum atomic E-state index is 13.5. The number of unbranched alkanes of at least 4 members (excludes halogenated alkanes) is 1. The second kappa shape index (κ2) is 12.1. The molecule has 1 aromatic heterocycles. The molecular weight excluding hydrogens is 514 g/mol. The van der Waals surface area contributed by atoms with E-state index < -0.39 is 17.7 Å². The van der Waals surface area contributed by atoms with Crippen molar-refractivity contribution in [2.24, 2.45) is 0 Å². The predicted octanol–water partition coefficient (Wildman–Crippen LogP) is 4.35. The second-order valence-corrected chi connectivity index (χ2v) is 9.62. The van der Waals surface area contributed by atoms with Gasteiger partial charge in [0.2, 0.25) is 0 Å². The first-order valence-electron chi connectivity index (χ1n) is 13.5. The SMILES string of the molecule is CCCCOc1ccc([C@H]2C(=C(O)c3ccc4c(c3)OCCO4)C(=O)C(=O)N2CCCn2ccnc2)cc1OC. The molecule has 10 heteroatoms. The highest BCUT2D eigenvalue weighted by Gasteiger charge is 2.46. The molecule has 40 heavy (non-hydrogen) atoms. The lowest BCUT2D eigenvalue weighted by molar-refractivity contribution is -0.139. The largest absolute Gasteiger partial charge is 0.507 e. The number of ether oxygens (including phenoxy) is 4. The van der Waals surface area contributed by atoms with Crippen LogP contribution in [-0.2, 0) is 16.1 Å². The second-order valence-electron chi connectivity index (χ2n) is 9.62. The number of hydrogen-bond donors (Lipinski definition) is 1. The Kier molecular flexibility index (Phi) is 8.23. The number of ketones is 1. The Morgan fingerprint density at radius 1 is 1.05 bits per heavy atom. The van der Waals surface area contributed by atoms with E-state index in [1.54, 1.807) is 56.0 Å². The van der Waals surface area contributed by atoms with Crippen LogP contribution in [0.25, 0.3) is 5.76 Å². The van der Waals surface area contributed by atoms with Gasteiger partial charge in [-0.05, 0) is 48.7 Å². The maximum Gasteiger partial charge on any atom is 0.295 e. The van der Waals surface area contributed by atoms with E-state index in [4.69, 9.17) is 18.9 Å². The summed E-state index contributed by atoms with van der Waals surface area (Å²) >= 11 is 0. The molecule has 3 aromatic rings. The van der Waals surface area contributed by atoms with Gasteiger partial charge < -0.3 is 33.5 Å². The summed E-state index contributed by atoms with van der Waals surface area (Å²) < 4.78 is 24.7. The number of carbonyl (C=O) groups excluding carboxylic acids is 2. The lowest BCUT2D eigenvalue weighted by Crippen LogP contribution is -2.31. The van der Waals surface area contributed by atoms with Crippen molar-refractivity contribution in [3.05, 3.63) is 71.8 Å². The predicted molar refractivity (Wildman–Crippen MR) is 147 cm³/mol. The van der Waals surface area contributed by atoms with E-state index in [0.717, 1.165) is 12.8 Å². The van der Waals surface area contributed by atoms with Gasteiger partial charge in [0.15, 0.2) is 23.0 Å². The molecule has 2 aromatic carbocycles. The number of carbonyl (C=O) groups is 2. The first-order chi connectivity index (χ1) is 19.5. The summed E-state index contributed by atoms with van der Waals surface area (Å²) in [5.41, 5.74) is 0.990. The van der Waals surface area contributed by atoms with Crippen LogP contribution in [0.2, 0.25) is 0 Å². The summed E-state index contributed by atoms with van der Waals surface area (Å²) in [5, 5.41) is 11.5. The molecule has 1 amide bonds. The van der Waals surface area contributed by atoms with Gasteiger partial charge in [0.1, 0.15) is 19.0 Å². The summed E-state index contributed by atoms with van der Waals surface area (Å²) in [4.78, 5) is 32.4. The number of aromatic nitrogens is 2. The summed E-state index contributed by atoms with van der Waals surface area (Å²) in [7, 11) is 1.54. The van der Waals surface area contributed by atoms with Crippen LogP contribution in [0.15, 0.2) is 60.7 Å². The summed E-state index contributed by atoms with van der Waals surface area (Å²) in [6, 6.07) is 9.48. The topological polar surface area (TPSA) is 112 Å². The minimum Gasteiger partial charge on any atom is -0.507 e. The normalized spacial score (nSPS) is 17.8. The minimum atomic E-state index is -0.824. The van der Waals surface area contributed by atoms with E-state index in [1.807, 2.05) is 10.8 Å². The van der Waals surface area contributed by atoms with Gasteiger partial charge in [-0.1, -0.05) is 19.4 Å². The van der Waals surface area contributed by atoms with Crippen LogP contribution in [0, 0.1) is 0 Å². The van der Waals surface area contributed by atoms with Crippen LogP contribution in [0.1, 0.15) is 43.4 Å². The zero-order valence-corrected chi connectivity index (χ0v) is 22.7. The number of benzene rings is 2. The fourth-order valence-electron chi connectivity index (χ4n) is 4.95. The Morgan fingerprint density at radius 3 is 2.62 bits per heavy atom. The molecule has 0 spiro atoms. The van der Waals surface area contributed by atoms with Gasteiger partial charge in [-0.25, -0.2) is 4.98 Å². The number of amides is 1. The molecule has 0 unspecified atom stereocenters. The number of imidazole rings is 1. The number of aliphatic hydroxyl groups is 1. The Bertz CT molecular complexity index is 1400. The monoisotopic (exact) mass is 547 g/mol. The van der Waals surface area contributed by atoms with Crippen LogP contribution in [0.4, 0.5) is 0 Å². The molecule has 0 bridgehead atoms.